The SMILES string of the molecule is CC(=O)NCC=Cc1cccnc1N. The fourth-order valence-electron chi connectivity index (χ4n) is 0.959. The van der Waals surface area contributed by atoms with Crippen LogP contribution in [0.3, 0.4) is 0 Å². The maximum Gasteiger partial charge on any atom is 0.217 e. The minimum absolute atomic E-state index is 0.0474. The second kappa shape index (κ2) is 5.01. The summed E-state index contributed by atoms with van der Waals surface area (Å²) in [6, 6.07) is 3.68. The molecule has 0 radical (unpaired) electrons. The van der Waals surface area contributed by atoms with Gasteiger partial charge in [0.1, 0.15) is 5.82 Å². The van der Waals surface area contributed by atoms with E-state index in [4.69, 9.17) is 5.73 Å². The summed E-state index contributed by atoms with van der Waals surface area (Å²) in [6.45, 7) is 1.98. The number of nitrogens with two attached hydrogens (primary N) is 1. The van der Waals surface area contributed by atoms with Gasteiger partial charge in [-0.3, -0.25) is 4.79 Å². The minimum atomic E-state index is -0.0474. The average Bonchev–Trinajstić information content (AvgIpc) is 2.15. The van der Waals surface area contributed by atoms with E-state index in [0.29, 0.717) is 12.4 Å². The summed E-state index contributed by atoms with van der Waals surface area (Å²) in [4.78, 5) is 14.5. The fraction of sp³-hybridized carbons (Fsp3) is 0.200. The Bertz CT molecular complexity index is 347. The van der Waals surface area contributed by atoms with Crippen molar-refractivity contribution in [1.82, 2.24) is 10.3 Å². The van der Waals surface area contributed by atoms with E-state index in [1.165, 1.54) is 6.92 Å². The normalized spacial score (nSPS) is 10.4. The van der Waals surface area contributed by atoms with E-state index in [2.05, 4.69) is 10.3 Å². The molecular formula is C10H13N3O. The lowest BCUT2D eigenvalue weighted by atomic mass is 10.2. The Morgan fingerprint density at radius 3 is 3.14 bits per heavy atom. The molecule has 1 aromatic rings. The Morgan fingerprint density at radius 1 is 1.71 bits per heavy atom. The maximum absolute atomic E-state index is 10.5. The number of rotatable bonds is 3. The molecule has 0 aliphatic heterocycles. The Labute approximate surface area is 82.8 Å². The third kappa shape index (κ3) is 3.26. The number of hydrogen-bond acceptors (Lipinski definition) is 3. The van der Waals surface area contributed by atoms with Crippen LogP contribution in [0.5, 0.6) is 0 Å². The topological polar surface area (TPSA) is 68.0 Å². The van der Waals surface area contributed by atoms with Gasteiger partial charge in [0.15, 0.2) is 0 Å². The third-order valence-electron chi connectivity index (χ3n) is 1.64. The van der Waals surface area contributed by atoms with E-state index in [0.717, 1.165) is 5.56 Å². The zero-order valence-electron chi connectivity index (χ0n) is 8.03. The highest BCUT2D eigenvalue weighted by Crippen LogP contribution is 2.07. The van der Waals surface area contributed by atoms with Crippen LogP contribution in [0.2, 0.25) is 0 Å². The molecular weight excluding hydrogens is 178 g/mol. The van der Waals surface area contributed by atoms with Crippen LogP contribution < -0.4 is 11.1 Å². The first-order valence-electron chi connectivity index (χ1n) is 4.31. The summed E-state index contributed by atoms with van der Waals surface area (Å²) in [5.74, 6) is 0.445. The van der Waals surface area contributed by atoms with Gasteiger partial charge in [-0.2, -0.15) is 0 Å². The summed E-state index contributed by atoms with van der Waals surface area (Å²) in [6.07, 6.45) is 5.30. The largest absolute Gasteiger partial charge is 0.383 e. The molecule has 1 amide bonds. The monoisotopic (exact) mass is 191 g/mol. The molecule has 1 rings (SSSR count). The molecule has 0 unspecified atom stereocenters. The summed E-state index contributed by atoms with van der Waals surface area (Å²) < 4.78 is 0. The van der Waals surface area contributed by atoms with E-state index in [1.54, 1.807) is 6.20 Å². The van der Waals surface area contributed by atoms with Gasteiger partial charge in [0.05, 0.1) is 0 Å². The van der Waals surface area contributed by atoms with Gasteiger partial charge in [-0.05, 0) is 12.1 Å². The number of anilines is 1. The number of carbonyl (C=O) groups is 1. The number of carbonyl (C=O) groups excluding carboxylic acids is 1. The Kier molecular flexibility index (Phi) is 3.67. The molecule has 3 N–H and O–H groups in total. The van der Waals surface area contributed by atoms with Crippen LogP contribution in [-0.2, 0) is 4.79 Å². The molecule has 0 fully saturated rings. The molecule has 14 heavy (non-hydrogen) atoms. The lowest BCUT2D eigenvalue weighted by molar-refractivity contribution is -0.118. The number of nitrogen functional groups attached to an aromatic ring is 1. The molecule has 0 spiro atoms. The maximum atomic E-state index is 10.5. The third-order valence-corrected chi connectivity index (χ3v) is 1.64. The minimum Gasteiger partial charge on any atom is -0.383 e. The van der Waals surface area contributed by atoms with Crippen LogP contribution in [-0.4, -0.2) is 17.4 Å². The van der Waals surface area contributed by atoms with Crippen molar-refractivity contribution in [2.75, 3.05) is 12.3 Å². The zero-order chi connectivity index (χ0) is 10.4. The standard InChI is InChI=1S/C10H13N3O/c1-8(14)12-6-2-4-9-5-3-7-13-10(9)11/h2-5,7H,6H2,1H3,(H2,11,13)(H,12,14). The van der Waals surface area contributed by atoms with Crippen molar-refractivity contribution in [1.29, 1.82) is 0 Å². The second-order valence-corrected chi connectivity index (χ2v) is 2.82. The van der Waals surface area contributed by atoms with Gasteiger partial charge in [0.25, 0.3) is 0 Å². The number of nitrogens with zero attached hydrogens (tertiary/aromatic N) is 1. The Balaban J connectivity index is 2.52. The Morgan fingerprint density at radius 2 is 2.50 bits per heavy atom. The van der Waals surface area contributed by atoms with Crippen molar-refractivity contribution in [2.45, 2.75) is 6.92 Å². The molecule has 4 heteroatoms. The van der Waals surface area contributed by atoms with Crippen molar-refractivity contribution in [3.8, 4) is 0 Å². The van der Waals surface area contributed by atoms with Crippen LogP contribution in [0.15, 0.2) is 24.4 Å². The van der Waals surface area contributed by atoms with Gasteiger partial charge in [-0.1, -0.05) is 12.2 Å². The van der Waals surface area contributed by atoms with Crippen LogP contribution in [0.1, 0.15) is 12.5 Å². The van der Waals surface area contributed by atoms with Gasteiger partial charge in [0.2, 0.25) is 5.91 Å². The molecule has 0 aliphatic carbocycles. The van der Waals surface area contributed by atoms with Crippen molar-refractivity contribution < 1.29 is 4.79 Å². The average molecular weight is 191 g/mol. The molecule has 0 saturated heterocycles. The van der Waals surface area contributed by atoms with E-state index in [-0.39, 0.29) is 5.91 Å². The van der Waals surface area contributed by atoms with Crippen LogP contribution in [0, 0.1) is 0 Å². The summed E-state index contributed by atoms with van der Waals surface area (Å²) in [5.41, 5.74) is 6.47. The van der Waals surface area contributed by atoms with E-state index >= 15 is 0 Å². The smallest absolute Gasteiger partial charge is 0.217 e. The van der Waals surface area contributed by atoms with Gasteiger partial charge >= 0.3 is 0 Å². The molecule has 0 saturated carbocycles. The summed E-state index contributed by atoms with van der Waals surface area (Å²) in [5, 5.41) is 2.65. The lowest BCUT2D eigenvalue weighted by Crippen LogP contribution is -2.19. The van der Waals surface area contributed by atoms with Crippen LogP contribution >= 0.6 is 0 Å². The lowest BCUT2D eigenvalue weighted by Gasteiger charge is -1.98. The van der Waals surface area contributed by atoms with Gasteiger partial charge in [0, 0.05) is 25.2 Å². The first kappa shape index (κ1) is 10.2. The Hall–Kier alpha value is -1.84. The second-order valence-electron chi connectivity index (χ2n) is 2.82. The van der Waals surface area contributed by atoms with Crippen LogP contribution in [0.4, 0.5) is 5.82 Å². The van der Waals surface area contributed by atoms with Crippen molar-refractivity contribution in [2.24, 2.45) is 0 Å². The molecule has 0 aliphatic rings. The van der Waals surface area contributed by atoms with Crippen LogP contribution in [0.25, 0.3) is 6.08 Å². The summed E-state index contributed by atoms with van der Waals surface area (Å²) >= 11 is 0. The first-order chi connectivity index (χ1) is 6.70. The zero-order valence-corrected chi connectivity index (χ0v) is 8.03. The molecule has 74 valence electrons. The van der Waals surface area contributed by atoms with E-state index in [9.17, 15) is 4.79 Å². The fourth-order valence-corrected chi connectivity index (χ4v) is 0.959. The molecule has 0 bridgehead atoms. The molecule has 0 atom stereocenters. The number of pyridine rings is 1. The van der Waals surface area contributed by atoms with Gasteiger partial charge in [-0.25, -0.2) is 4.98 Å². The number of nitrogens with one attached hydrogen (secondary N) is 1. The predicted molar refractivity (Wildman–Crippen MR) is 56.4 cm³/mol. The van der Waals surface area contributed by atoms with Gasteiger partial charge in [-0.15, -0.1) is 0 Å². The quantitative estimate of drug-likeness (QED) is 0.743. The molecule has 0 aromatic carbocycles. The van der Waals surface area contributed by atoms with Gasteiger partial charge < -0.3 is 11.1 Å². The predicted octanol–water partition coefficient (Wildman–Crippen LogP) is 0.813. The van der Waals surface area contributed by atoms with E-state index < -0.39 is 0 Å². The first-order valence-corrected chi connectivity index (χ1v) is 4.31. The molecule has 4 nitrogen and oxygen atoms in total. The highest BCUT2D eigenvalue weighted by atomic mass is 16.1. The molecule has 1 heterocycles. The van der Waals surface area contributed by atoms with Crippen molar-refractivity contribution >= 4 is 17.8 Å². The molecule has 1 aromatic heterocycles. The number of amides is 1. The van der Waals surface area contributed by atoms with E-state index in [1.807, 2.05) is 24.3 Å². The number of aromatic nitrogens is 1. The highest BCUT2D eigenvalue weighted by molar-refractivity contribution is 5.73. The highest BCUT2D eigenvalue weighted by Gasteiger charge is 1.92. The van der Waals surface area contributed by atoms with Crippen molar-refractivity contribution in [3.05, 3.63) is 30.0 Å². The summed E-state index contributed by atoms with van der Waals surface area (Å²) in [7, 11) is 0. The number of hydrogen-bond donors (Lipinski definition) is 2. The van der Waals surface area contributed by atoms with Crippen molar-refractivity contribution in [3.63, 3.8) is 0 Å².